The molecule has 11 nitrogen and oxygen atoms in total. The quantitative estimate of drug-likeness (QED) is 0.0636. The zero-order valence-electron chi connectivity index (χ0n) is 31.3. The smallest absolute Gasteiger partial charge is 0.329 e. The maximum Gasteiger partial charge on any atom is 0.329 e. The molecule has 0 saturated carbocycles. The third kappa shape index (κ3) is 18.1. The molecule has 59 heavy (non-hydrogen) atoms. The van der Waals surface area contributed by atoms with Gasteiger partial charge in [0.2, 0.25) is 5.24 Å². The van der Waals surface area contributed by atoms with Crippen LogP contribution in [0.5, 0.6) is 0 Å². The van der Waals surface area contributed by atoms with Crippen molar-refractivity contribution < 1.29 is 38.2 Å². The average Bonchev–Trinajstić information content (AvgIpc) is 3.21. The third-order valence-corrected chi connectivity index (χ3v) is 9.54. The maximum absolute atomic E-state index is 12.7. The number of esters is 2. The molecule has 0 aromatic heterocycles. The lowest BCUT2D eigenvalue weighted by Gasteiger charge is -2.17. The van der Waals surface area contributed by atoms with Crippen molar-refractivity contribution in [2.75, 3.05) is 32.5 Å². The van der Waals surface area contributed by atoms with Crippen molar-refractivity contribution in [2.45, 2.75) is 24.9 Å². The molecule has 320 valence electrons. The van der Waals surface area contributed by atoms with E-state index in [0.717, 1.165) is 22.3 Å². The summed E-state index contributed by atoms with van der Waals surface area (Å²) in [7, 11) is 2.41. The van der Waals surface area contributed by atoms with Crippen molar-refractivity contribution >= 4 is 143 Å². The van der Waals surface area contributed by atoms with Gasteiger partial charge in [-0.25, -0.2) is 9.59 Å². The number of nitrogens with two attached hydrogens (primary N) is 1. The van der Waals surface area contributed by atoms with Crippen LogP contribution in [0.2, 0.25) is 20.1 Å². The van der Waals surface area contributed by atoms with Crippen molar-refractivity contribution in [1.29, 1.82) is 0 Å². The number of ketones is 1. The topological polar surface area (TPSA) is 171 Å². The molecule has 0 aliphatic heterocycles. The highest BCUT2D eigenvalue weighted by Crippen LogP contribution is 2.33. The molecule has 0 heterocycles. The number of rotatable bonds is 14. The highest BCUT2D eigenvalue weighted by molar-refractivity contribution is 7.59. The second-order valence-corrected chi connectivity index (χ2v) is 14.0. The van der Waals surface area contributed by atoms with Crippen molar-refractivity contribution in [3.8, 4) is 22.3 Å². The van der Waals surface area contributed by atoms with Gasteiger partial charge in [0.1, 0.15) is 17.9 Å². The first-order valence-electron chi connectivity index (χ1n) is 16.5. The molecule has 0 unspecified atom stereocenters. The standard InChI is InChI=1S/C20H18Cl3NO4.C17H16Cl2N2O3.C2H2Cl2O.2H2S/c1-28-20(27)17(8-7-14(25)11-21)24-19(26)18-15(22)9-13(10-16(18)23)12-5-3-2-4-6-12;1-24-17(23)14(9-20)21-16(22)15-12(18)7-11(8-13(15)19)10-5-3-2-4-6-10;3-1-2(4)5;;/h2-6,9-10,17H,7-8,11H2,1H3,(H,24,26);2-8,14H,9,20H2,1H3,(H,21,22);1H2;2*1H2/t17-;14-;;;/m00.../s1. The molecule has 0 radical (unpaired) electrons. The molecule has 2 atom stereocenters. The number of methoxy groups -OCH3 is 2. The number of alkyl halides is 2. The highest BCUT2D eigenvalue weighted by atomic mass is 35.5. The summed E-state index contributed by atoms with van der Waals surface area (Å²) in [5.41, 5.74) is 8.95. The second kappa shape index (κ2) is 29.1. The van der Waals surface area contributed by atoms with E-state index in [1.54, 1.807) is 24.3 Å². The van der Waals surface area contributed by atoms with Gasteiger partial charge in [0, 0.05) is 13.0 Å². The summed E-state index contributed by atoms with van der Waals surface area (Å²) >= 11 is 40.1. The first kappa shape index (κ1) is 55.8. The number of amides is 2. The molecule has 2 amide bonds. The second-order valence-electron chi connectivity index (χ2n) is 11.4. The Bertz CT molecular complexity index is 1990. The zero-order chi connectivity index (χ0) is 42.7. The number of nitrogens with one attached hydrogen (secondary N) is 2. The van der Waals surface area contributed by atoms with Gasteiger partial charge in [-0.3, -0.25) is 19.2 Å². The van der Waals surface area contributed by atoms with Gasteiger partial charge in [-0.1, -0.05) is 107 Å². The van der Waals surface area contributed by atoms with E-state index in [2.05, 4.69) is 20.1 Å². The fourth-order valence-corrected chi connectivity index (χ4v) is 6.21. The van der Waals surface area contributed by atoms with Crippen LogP contribution in [0.25, 0.3) is 22.3 Å². The van der Waals surface area contributed by atoms with Crippen LogP contribution in [0.15, 0.2) is 84.9 Å². The van der Waals surface area contributed by atoms with Crippen molar-refractivity contribution in [3.63, 3.8) is 0 Å². The van der Waals surface area contributed by atoms with Crippen molar-refractivity contribution in [2.24, 2.45) is 5.73 Å². The van der Waals surface area contributed by atoms with Gasteiger partial charge in [-0.2, -0.15) is 27.0 Å². The van der Waals surface area contributed by atoms with E-state index < -0.39 is 41.1 Å². The minimum atomic E-state index is -1.02. The number of halogens is 7. The lowest BCUT2D eigenvalue weighted by atomic mass is 10.0. The maximum atomic E-state index is 12.7. The summed E-state index contributed by atoms with van der Waals surface area (Å²) in [4.78, 5) is 69.4. The van der Waals surface area contributed by atoms with E-state index in [0.29, 0.717) is 0 Å². The number of hydrogen-bond donors (Lipinski definition) is 3. The monoisotopic (exact) mass is 987 g/mol. The van der Waals surface area contributed by atoms with Gasteiger partial charge in [0.15, 0.2) is 0 Å². The van der Waals surface area contributed by atoms with Crippen molar-refractivity contribution in [3.05, 3.63) is 116 Å². The Morgan fingerprint density at radius 3 is 1.24 bits per heavy atom. The summed E-state index contributed by atoms with van der Waals surface area (Å²) in [6.07, 6.45) is 0.0826. The summed E-state index contributed by atoms with van der Waals surface area (Å²) < 4.78 is 9.27. The number of carbonyl (C=O) groups is 6. The van der Waals surface area contributed by atoms with E-state index in [1.165, 1.54) is 14.2 Å². The van der Waals surface area contributed by atoms with Crippen LogP contribution in [0.3, 0.4) is 0 Å². The van der Waals surface area contributed by atoms with Crippen LogP contribution in [-0.2, 0) is 28.7 Å². The SMILES string of the molecule is COC(=O)[C@H](CCC(=O)CCl)NC(=O)c1c(Cl)cc(-c2ccccc2)cc1Cl.COC(=O)[C@H](CN)NC(=O)c1c(Cl)cc(-c2ccccc2)cc1Cl.O=C(Cl)CCl.S.S. The van der Waals surface area contributed by atoms with E-state index >= 15 is 0 Å². The number of carbonyl (C=O) groups excluding carboxylic acids is 6. The van der Waals surface area contributed by atoms with Gasteiger partial charge >= 0.3 is 11.9 Å². The normalized spacial score (nSPS) is 10.9. The molecule has 0 fully saturated rings. The largest absolute Gasteiger partial charge is 0.467 e. The van der Waals surface area contributed by atoms with Gasteiger partial charge < -0.3 is 25.8 Å². The third-order valence-electron chi connectivity index (χ3n) is 7.54. The Balaban J connectivity index is 0.000001000. The predicted molar refractivity (Wildman–Crippen MR) is 247 cm³/mol. The summed E-state index contributed by atoms with van der Waals surface area (Å²) in [5, 5.41) is 5.13. The Morgan fingerprint density at radius 2 is 0.932 bits per heavy atom. The number of ether oxygens (including phenoxy) is 2. The van der Waals surface area contributed by atoms with E-state index in [4.69, 9.17) is 86.9 Å². The number of benzene rings is 4. The summed E-state index contributed by atoms with van der Waals surface area (Å²) in [6, 6.07) is 23.5. The van der Waals surface area contributed by atoms with Crippen molar-refractivity contribution in [1.82, 2.24) is 10.6 Å². The Labute approximate surface area is 390 Å². The lowest BCUT2D eigenvalue weighted by molar-refractivity contribution is -0.143. The summed E-state index contributed by atoms with van der Waals surface area (Å²) in [6.45, 7) is -0.101. The predicted octanol–water partition coefficient (Wildman–Crippen LogP) is 8.63. The average molecular weight is 991 g/mol. The van der Waals surface area contributed by atoms with Crippen LogP contribution in [-0.4, -0.2) is 79.4 Å². The minimum Gasteiger partial charge on any atom is -0.467 e. The Morgan fingerprint density at radius 1 is 0.593 bits per heavy atom. The minimum absolute atomic E-state index is 0. The molecule has 0 saturated heterocycles. The molecule has 0 aliphatic rings. The molecular formula is C39H40Cl7N3O8S2. The van der Waals surface area contributed by atoms with Gasteiger partial charge in [-0.15, -0.1) is 23.2 Å². The molecular weight excluding hydrogens is 951 g/mol. The lowest BCUT2D eigenvalue weighted by Crippen LogP contribution is -2.46. The fourth-order valence-electron chi connectivity index (χ4n) is 4.76. The van der Waals surface area contributed by atoms with Gasteiger partial charge in [0.05, 0.1) is 57.2 Å². The fraction of sp³-hybridized carbons (Fsp3) is 0.231. The first-order chi connectivity index (χ1) is 27.1. The van der Waals surface area contributed by atoms with Crippen LogP contribution >= 0.6 is 108 Å². The number of Topliss-reactive ketones (excluding diaryl/α,β-unsaturated/α-hetero) is 1. The zero-order valence-corrected chi connectivity index (χ0v) is 38.6. The molecule has 0 aliphatic carbocycles. The Hall–Kier alpha value is -3.21. The van der Waals surface area contributed by atoms with Gasteiger partial charge in [-0.05, 0) is 64.5 Å². The first-order valence-corrected chi connectivity index (χ1v) is 19.5. The van der Waals surface area contributed by atoms with Crippen LogP contribution in [0.1, 0.15) is 33.6 Å². The molecule has 0 bridgehead atoms. The molecule has 0 spiro atoms. The molecule has 4 rings (SSSR count). The van der Waals surface area contributed by atoms with E-state index in [1.807, 2.05) is 60.7 Å². The molecule has 20 heteroatoms. The van der Waals surface area contributed by atoms with Crippen LogP contribution in [0.4, 0.5) is 0 Å². The number of hydrogen-bond acceptors (Lipinski definition) is 9. The molecule has 4 N–H and O–H groups in total. The molecule has 4 aromatic rings. The van der Waals surface area contributed by atoms with E-state index in [9.17, 15) is 28.8 Å². The highest BCUT2D eigenvalue weighted by Gasteiger charge is 2.26. The van der Waals surface area contributed by atoms with Crippen LogP contribution < -0.4 is 16.4 Å². The molecule has 4 aromatic carbocycles. The summed E-state index contributed by atoms with van der Waals surface area (Å²) in [5.74, 6) is -3.05. The van der Waals surface area contributed by atoms with E-state index in [-0.39, 0.29) is 95.1 Å². The Kier molecular flexibility index (Phi) is 27.5. The van der Waals surface area contributed by atoms with Gasteiger partial charge in [0.25, 0.3) is 11.8 Å². The van der Waals surface area contributed by atoms with Crippen LogP contribution in [0, 0.1) is 0 Å².